The van der Waals surface area contributed by atoms with E-state index in [2.05, 4.69) is 5.32 Å². The van der Waals surface area contributed by atoms with E-state index in [1.165, 1.54) is 6.42 Å². The van der Waals surface area contributed by atoms with Crippen LogP contribution < -0.4 is 5.32 Å². The molecular weight excluding hydrogens is 378 g/mol. The predicted molar refractivity (Wildman–Crippen MR) is 114 cm³/mol. The van der Waals surface area contributed by atoms with Crippen molar-refractivity contribution in [1.82, 2.24) is 15.1 Å². The lowest BCUT2D eigenvalue weighted by molar-refractivity contribution is -0.148. The van der Waals surface area contributed by atoms with Gasteiger partial charge in [0.05, 0.1) is 0 Å². The lowest BCUT2D eigenvalue weighted by Crippen LogP contribution is -2.53. The molecule has 6 heteroatoms. The SMILES string of the molecule is O=C(NCc1ccccc1)[C@H]1CCCN1C(=O)[C@H]1CCCN1C(=O)C1CCCCC1. The second-order valence-electron chi connectivity index (χ2n) is 8.92. The van der Waals surface area contributed by atoms with Crippen molar-refractivity contribution >= 4 is 17.7 Å². The van der Waals surface area contributed by atoms with Crippen LogP contribution in [0.25, 0.3) is 0 Å². The van der Waals surface area contributed by atoms with Gasteiger partial charge in [0.15, 0.2) is 0 Å². The van der Waals surface area contributed by atoms with E-state index in [4.69, 9.17) is 0 Å². The molecule has 1 N–H and O–H groups in total. The Kier molecular flexibility index (Phi) is 6.70. The van der Waals surface area contributed by atoms with Gasteiger partial charge in [-0.3, -0.25) is 14.4 Å². The van der Waals surface area contributed by atoms with Crippen LogP contribution in [0, 0.1) is 5.92 Å². The topological polar surface area (TPSA) is 69.7 Å². The van der Waals surface area contributed by atoms with Crippen LogP contribution in [-0.4, -0.2) is 52.7 Å². The Balaban J connectivity index is 1.38. The number of rotatable bonds is 5. The first kappa shape index (κ1) is 20.9. The Morgan fingerprint density at radius 1 is 0.767 bits per heavy atom. The maximum atomic E-state index is 13.4. The van der Waals surface area contributed by atoms with Crippen molar-refractivity contribution in [3.8, 4) is 0 Å². The van der Waals surface area contributed by atoms with Crippen molar-refractivity contribution < 1.29 is 14.4 Å². The zero-order valence-corrected chi connectivity index (χ0v) is 17.7. The average molecular weight is 412 g/mol. The molecule has 1 aliphatic carbocycles. The van der Waals surface area contributed by atoms with Crippen molar-refractivity contribution in [3.63, 3.8) is 0 Å². The third-order valence-electron chi connectivity index (χ3n) is 6.92. The number of nitrogens with zero attached hydrogens (tertiary/aromatic N) is 2. The van der Waals surface area contributed by atoms with Crippen molar-refractivity contribution in [3.05, 3.63) is 35.9 Å². The number of nitrogens with one attached hydrogen (secondary N) is 1. The van der Waals surface area contributed by atoms with Gasteiger partial charge in [-0.15, -0.1) is 0 Å². The summed E-state index contributed by atoms with van der Waals surface area (Å²) in [7, 11) is 0. The Morgan fingerprint density at radius 2 is 1.40 bits per heavy atom. The van der Waals surface area contributed by atoms with E-state index in [1.54, 1.807) is 4.90 Å². The molecular formula is C24H33N3O3. The van der Waals surface area contributed by atoms with Gasteiger partial charge in [0.1, 0.15) is 12.1 Å². The number of amides is 3. The van der Waals surface area contributed by atoms with Crippen LogP contribution in [0.1, 0.15) is 63.4 Å². The van der Waals surface area contributed by atoms with Crippen molar-refractivity contribution in [2.75, 3.05) is 13.1 Å². The summed E-state index contributed by atoms with van der Waals surface area (Å²) >= 11 is 0. The smallest absolute Gasteiger partial charge is 0.246 e. The zero-order valence-electron chi connectivity index (χ0n) is 17.7. The first-order valence-corrected chi connectivity index (χ1v) is 11.6. The first-order valence-electron chi connectivity index (χ1n) is 11.6. The maximum absolute atomic E-state index is 13.4. The van der Waals surface area contributed by atoms with Gasteiger partial charge in [0.2, 0.25) is 17.7 Å². The minimum Gasteiger partial charge on any atom is -0.350 e. The number of benzene rings is 1. The molecule has 1 aromatic carbocycles. The molecule has 6 nitrogen and oxygen atoms in total. The number of carbonyl (C=O) groups is 3. The molecule has 0 radical (unpaired) electrons. The van der Waals surface area contributed by atoms with Gasteiger partial charge >= 0.3 is 0 Å². The standard InChI is InChI=1S/C24H33N3O3/c28-22(25-17-18-9-3-1-4-10-18)20-13-7-15-26(20)24(30)21-14-8-16-27(21)23(29)19-11-5-2-6-12-19/h1,3-4,9-10,19-21H,2,5-8,11-17H2,(H,25,28)/t20-,21-/m1/s1. The van der Waals surface area contributed by atoms with Crippen LogP contribution in [0.4, 0.5) is 0 Å². The monoisotopic (exact) mass is 411 g/mol. The molecule has 0 bridgehead atoms. The van der Waals surface area contributed by atoms with E-state index < -0.39 is 6.04 Å². The van der Waals surface area contributed by atoms with Crippen molar-refractivity contribution in [2.45, 2.75) is 76.4 Å². The molecule has 0 unspecified atom stereocenters. The van der Waals surface area contributed by atoms with E-state index in [-0.39, 0.29) is 29.7 Å². The molecule has 3 aliphatic rings. The second-order valence-corrected chi connectivity index (χ2v) is 8.92. The third kappa shape index (κ3) is 4.52. The quantitative estimate of drug-likeness (QED) is 0.810. The van der Waals surface area contributed by atoms with Crippen molar-refractivity contribution in [1.29, 1.82) is 0 Å². The summed E-state index contributed by atoms with van der Waals surface area (Å²) < 4.78 is 0. The molecule has 1 aromatic rings. The summed E-state index contributed by atoms with van der Waals surface area (Å²) in [4.78, 5) is 42.9. The van der Waals surface area contributed by atoms with Crippen LogP contribution in [0.15, 0.2) is 30.3 Å². The van der Waals surface area contributed by atoms with Gasteiger partial charge in [-0.05, 0) is 44.1 Å². The number of hydrogen-bond donors (Lipinski definition) is 1. The molecule has 2 atom stereocenters. The van der Waals surface area contributed by atoms with E-state index >= 15 is 0 Å². The number of likely N-dealkylation sites (tertiary alicyclic amines) is 2. The highest BCUT2D eigenvalue weighted by molar-refractivity contribution is 5.93. The molecule has 30 heavy (non-hydrogen) atoms. The van der Waals surface area contributed by atoms with Gasteiger partial charge < -0.3 is 15.1 Å². The molecule has 3 fully saturated rings. The predicted octanol–water partition coefficient (Wildman–Crippen LogP) is 2.87. The Labute approximate surface area is 179 Å². The molecule has 0 aromatic heterocycles. The van der Waals surface area contributed by atoms with Crippen LogP contribution in [-0.2, 0) is 20.9 Å². The zero-order chi connectivity index (χ0) is 20.9. The van der Waals surface area contributed by atoms with Crippen LogP contribution in [0.5, 0.6) is 0 Å². The first-order chi connectivity index (χ1) is 14.6. The minimum atomic E-state index is -0.423. The fourth-order valence-corrected chi connectivity index (χ4v) is 5.27. The minimum absolute atomic E-state index is 0.0333. The summed E-state index contributed by atoms with van der Waals surface area (Å²) in [5.41, 5.74) is 1.04. The normalized spacial score (nSPS) is 24.8. The fourth-order valence-electron chi connectivity index (χ4n) is 5.27. The van der Waals surface area contributed by atoms with Gasteiger partial charge in [0, 0.05) is 25.6 Å². The maximum Gasteiger partial charge on any atom is 0.246 e. The largest absolute Gasteiger partial charge is 0.350 e. The van der Waals surface area contributed by atoms with Gasteiger partial charge in [0.25, 0.3) is 0 Å². The summed E-state index contributed by atoms with van der Waals surface area (Å²) in [6.45, 7) is 1.74. The average Bonchev–Trinajstić information content (AvgIpc) is 3.48. The second kappa shape index (κ2) is 9.63. The molecule has 2 saturated heterocycles. The highest BCUT2D eigenvalue weighted by Crippen LogP contribution is 2.30. The number of carbonyl (C=O) groups excluding carboxylic acids is 3. The molecule has 2 aliphatic heterocycles. The van der Waals surface area contributed by atoms with Gasteiger partial charge in [-0.25, -0.2) is 0 Å². The molecule has 3 amide bonds. The lowest BCUT2D eigenvalue weighted by Gasteiger charge is -2.33. The summed E-state index contributed by atoms with van der Waals surface area (Å²) in [6.07, 6.45) is 8.43. The lowest BCUT2D eigenvalue weighted by atomic mass is 9.88. The van der Waals surface area contributed by atoms with E-state index in [0.717, 1.165) is 44.1 Å². The van der Waals surface area contributed by atoms with Gasteiger partial charge in [-0.1, -0.05) is 49.6 Å². The van der Waals surface area contributed by atoms with Crippen LogP contribution in [0.3, 0.4) is 0 Å². The van der Waals surface area contributed by atoms with E-state index in [9.17, 15) is 14.4 Å². The summed E-state index contributed by atoms with van der Waals surface area (Å²) in [5, 5.41) is 2.99. The number of hydrogen-bond acceptors (Lipinski definition) is 3. The summed E-state index contributed by atoms with van der Waals surface area (Å²) in [5.74, 6) is 0.118. The fraction of sp³-hybridized carbons (Fsp3) is 0.625. The molecule has 2 heterocycles. The van der Waals surface area contributed by atoms with Crippen molar-refractivity contribution in [2.24, 2.45) is 5.92 Å². The molecule has 0 spiro atoms. The van der Waals surface area contributed by atoms with E-state index in [1.807, 2.05) is 35.2 Å². The van der Waals surface area contributed by atoms with Gasteiger partial charge in [-0.2, -0.15) is 0 Å². The Morgan fingerprint density at radius 3 is 2.10 bits per heavy atom. The van der Waals surface area contributed by atoms with Crippen LogP contribution >= 0.6 is 0 Å². The Bertz CT molecular complexity index is 760. The third-order valence-corrected chi connectivity index (χ3v) is 6.92. The highest BCUT2D eigenvalue weighted by atomic mass is 16.2. The summed E-state index contributed by atoms with van der Waals surface area (Å²) in [6, 6.07) is 8.99. The van der Waals surface area contributed by atoms with Crippen LogP contribution in [0.2, 0.25) is 0 Å². The van der Waals surface area contributed by atoms with E-state index in [0.29, 0.717) is 32.5 Å². The molecule has 1 saturated carbocycles. The molecule has 162 valence electrons. The highest BCUT2D eigenvalue weighted by Gasteiger charge is 2.43. The molecule has 4 rings (SSSR count). The Hall–Kier alpha value is -2.37.